The van der Waals surface area contributed by atoms with Gasteiger partial charge in [-0.1, -0.05) is 6.08 Å². The topological polar surface area (TPSA) is 81.4 Å². The van der Waals surface area contributed by atoms with Crippen molar-refractivity contribution in [3.05, 3.63) is 11.6 Å². The van der Waals surface area contributed by atoms with Gasteiger partial charge in [-0.15, -0.1) is 0 Å². The summed E-state index contributed by atoms with van der Waals surface area (Å²) in [5.74, 6) is -1.21. The fraction of sp³-hybridized carbons (Fsp3) is 0.500. The summed E-state index contributed by atoms with van der Waals surface area (Å²) < 4.78 is 0. The lowest BCUT2D eigenvalue weighted by molar-refractivity contribution is -0.132. The molecule has 0 rings (SSSR count). The van der Waals surface area contributed by atoms with Crippen LogP contribution in [0.25, 0.3) is 0 Å². The number of amides is 1. The minimum absolute atomic E-state index is 0.141. The molecule has 82 valence electrons. The Labute approximate surface area is 88.6 Å². The van der Waals surface area contributed by atoms with Crippen LogP contribution in [0, 0.1) is 11.3 Å². The van der Waals surface area contributed by atoms with E-state index >= 15 is 0 Å². The van der Waals surface area contributed by atoms with Gasteiger partial charge in [0.05, 0.1) is 6.07 Å². The van der Waals surface area contributed by atoms with Crippen molar-refractivity contribution in [1.82, 2.24) is 4.90 Å². The smallest absolute Gasteiger partial charge is 0.330 e. The first-order valence-corrected chi connectivity index (χ1v) is 4.50. The summed E-state index contributed by atoms with van der Waals surface area (Å²) in [6.07, 6.45) is 1.89. The first-order chi connectivity index (χ1) is 6.99. The van der Waals surface area contributed by atoms with Gasteiger partial charge in [-0.05, 0) is 13.3 Å². The molecule has 0 saturated heterocycles. The molecule has 0 aliphatic heterocycles. The molecule has 0 unspecified atom stereocenters. The van der Waals surface area contributed by atoms with E-state index < -0.39 is 5.97 Å². The van der Waals surface area contributed by atoms with Crippen LogP contribution in [0.1, 0.15) is 19.8 Å². The third kappa shape index (κ3) is 5.47. The number of hydrogen-bond donors (Lipinski definition) is 1. The van der Waals surface area contributed by atoms with E-state index in [0.717, 1.165) is 0 Å². The second kappa shape index (κ2) is 6.60. The third-order valence-electron chi connectivity index (χ3n) is 1.91. The molecule has 0 aliphatic carbocycles. The molecule has 0 aromatic heterocycles. The molecule has 0 bridgehead atoms. The molecule has 0 saturated carbocycles. The van der Waals surface area contributed by atoms with E-state index in [9.17, 15) is 9.59 Å². The van der Waals surface area contributed by atoms with Crippen molar-refractivity contribution in [1.29, 1.82) is 5.26 Å². The predicted molar refractivity (Wildman–Crippen MR) is 53.9 cm³/mol. The van der Waals surface area contributed by atoms with Gasteiger partial charge < -0.3 is 10.0 Å². The average molecular weight is 210 g/mol. The Morgan fingerprint density at radius 1 is 1.53 bits per heavy atom. The number of carboxylic acid groups (broad SMARTS) is 1. The minimum atomic E-state index is -0.957. The molecule has 0 aromatic rings. The normalized spacial score (nSPS) is 10.6. The quantitative estimate of drug-likeness (QED) is 0.680. The van der Waals surface area contributed by atoms with Crippen molar-refractivity contribution in [2.45, 2.75) is 19.8 Å². The van der Waals surface area contributed by atoms with Crippen molar-refractivity contribution >= 4 is 11.9 Å². The van der Waals surface area contributed by atoms with Crippen molar-refractivity contribution in [2.24, 2.45) is 0 Å². The maximum atomic E-state index is 11.1. The molecule has 0 aromatic carbocycles. The molecular weight excluding hydrogens is 196 g/mol. The maximum Gasteiger partial charge on any atom is 0.330 e. The van der Waals surface area contributed by atoms with E-state index in [1.807, 2.05) is 0 Å². The Hall–Kier alpha value is -1.83. The summed E-state index contributed by atoms with van der Waals surface area (Å²) in [4.78, 5) is 23.0. The molecule has 0 atom stereocenters. The number of carbonyl (C=O) groups is 2. The molecule has 1 N–H and O–H groups in total. The summed E-state index contributed by atoms with van der Waals surface area (Å²) >= 11 is 0. The maximum absolute atomic E-state index is 11.1. The van der Waals surface area contributed by atoms with Crippen LogP contribution >= 0.6 is 0 Å². The fourth-order valence-electron chi connectivity index (χ4n) is 0.889. The molecule has 0 radical (unpaired) electrons. The molecule has 5 nitrogen and oxygen atoms in total. The second-order valence-electron chi connectivity index (χ2n) is 3.13. The summed E-state index contributed by atoms with van der Waals surface area (Å²) in [6.45, 7) is 1.92. The van der Waals surface area contributed by atoms with Gasteiger partial charge in [0.1, 0.15) is 6.42 Å². The Bertz CT molecular complexity index is 315. The molecule has 0 aliphatic rings. The Kier molecular flexibility index (Phi) is 5.79. The van der Waals surface area contributed by atoms with Crippen LogP contribution in [-0.4, -0.2) is 35.5 Å². The molecule has 0 heterocycles. The summed E-state index contributed by atoms with van der Waals surface area (Å²) in [6, 6.07) is 1.77. The Morgan fingerprint density at radius 2 is 2.13 bits per heavy atom. The lowest BCUT2D eigenvalue weighted by atomic mass is 10.2. The number of carbonyl (C=O) groups excluding carboxylic acids is 1. The third-order valence-corrected chi connectivity index (χ3v) is 1.91. The van der Waals surface area contributed by atoms with Crippen LogP contribution in [0.4, 0.5) is 0 Å². The van der Waals surface area contributed by atoms with Gasteiger partial charge >= 0.3 is 5.97 Å². The molecule has 15 heavy (non-hydrogen) atoms. The van der Waals surface area contributed by atoms with Gasteiger partial charge in [-0.3, -0.25) is 4.79 Å². The highest BCUT2D eigenvalue weighted by atomic mass is 16.4. The highest BCUT2D eigenvalue weighted by Crippen LogP contribution is 1.98. The van der Waals surface area contributed by atoms with Gasteiger partial charge in [-0.2, -0.15) is 5.26 Å². The number of carboxylic acids is 1. The molecule has 0 fully saturated rings. The van der Waals surface area contributed by atoms with E-state index in [1.54, 1.807) is 19.2 Å². The van der Waals surface area contributed by atoms with Crippen LogP contribution in [0.5, 0.6) is 0 Å². The van der Waals surface area contributed by atoms with Crippen molar-refractivity contribution in [2.75, 3.05) is 13.6 Å². The molecule has 0 spiro atoms. The average Bonchev–Trinajstić information content (AvgIpc) is 2.17. The zero-order valence-electron chi connectivity index (χ0n) is 8.86. The van der Waals surface area contributed by atoms with Crippen LogP contribution in [-0.2, 0) is 9.59 Å². The summed E-state index contributed by atoms with van der Waals surface area (Å²) in [5.41, 5.74) is 0.260. The van der Waals surface area contributed by atoms with Crippen LogP contribution in [0.2, 0.25) is 0 Å². The fourth-order valence-corrected chi connectivity index (χ4v) is 0.889. The number of rotatable bonds is 5. The van der Waals surface area contributed by atoms with Gasteiger partial charge in [0.15, 0.2) is 0 Å². The van der Waals surface area contributed by atoms with Crippen LogP contribution < -0.4 is 0 Å². The highest BCUT2D eigenvalue weighted by molar-refractivity contribution is 5.85. The van der Waals surface area contributed by atoms with Crippen LogP contribution in [0.3, 0.4) is 0 Å². The van der Waals surface area contributed by atoms with Crippen LogP contribution in [0.15, 0.2) is 11.6 Å². The lowest BCUT2D eigenvalue weighted by Gasteiger charge is -2.13. The summed E-state index contributed by atoms with van der Waals surface area (Å²) in [5, 5.41) is 16.8. The van der Waals surface area contributed by atoms with Gasteiger partial charge in [0, 0.05) is 19.2 Å². The lowest BCUT2D eigenvalue weighted by Crippen LogP contribution is -2.26. The molecular formula is C10H14N2O3. The zero-order valence-corrected chi connectivity index (χ0v) is 8.86. The number of aliphatic carboxylic acids is 1. The second-order valence-corrected chi connectivity index (χ2v) is 3.13. The largest absolute Gasteiger partial charge is 0.478 e. The molecule has 5 heteroatoms. The van der Waals surface area contributed by atoms with Crippen molar-refractivity contribution < 1.29 is 14.7 Å². The predicted octanol–water partition coefficient (Wildman–Crippen LogP) is 0.779. The first kappa shape index (κ1) is 13.2. The van der Waals surface area contributed by atoms with E-state index in [2.05, 4.69) is 0 Å². The van der Waals surface area contributed by atoms with Crippen molar-refractivity contribution in [3.63, 3.8) is 0 Å². The Morgan fingerprint density at radius 3 is 2.60 bits per heavy atom. The van der Waals surface area contributed by atoms with E-state index in [-0.39, 0.29) is 17.9 Å². The number of nitriles is 1. The minimum Gasteiger partial charge on any atom is -0.478 e. The van der Waals surface area contributed by atoms with E-state index in [0.29, 0.717) is 13.0 Å². The summed E-state index contributed by atoms with van der Waals surface area (Å²) in [7, 11) is 1.59. The van der Waals surface area contributed by atoms with Gasteiger partial charge in [0.2, 0.25) is 5.91 Å². The van der Waals surface area contributed by atoms with E-state index in [4.69, 9.17) is 10.4 Å². The van der Waals surface area contributed by atoms with Gasteiger partial charge in [-0.25, -0.2) is 4.79 Å². The highest BCUT2D eigenvalue weighted by Gasteiger charge is 2.06. The Balaban J connectivity index is 3.97. The molecule has 1 amide bonds. The van der Waals surface area contributed by atoms with E-state index in [1.165, 1.54) is 11.8 Å². The van der Waals surface area contributed by atoms with Crippen molar-refractivity contribution in [3.8, 4) is 6.07 Å². The standard InChI is InChI=1S/C10H14N2O3/c1-8(10(14)15)4-3-7-12(2)9(13)5-6-11/h4H,3,5,7H2,1-2H3,(H,14,15). The first-order valence-electron chi connectivity index (χ1n) is 4.50. The number of nitrogens with zero attached hydrogens (tertiary/aromatic N) is 2. The van der Waals surface area contributed by atoms with Gasteiger partial charge in [0.25, 0.3) is 0 Å². The zero-order chi connectivity index (χ0) is 11.8. The SMILES string of the molecule is CC(=CCCN(C)C(=O)CC#N)C(=O)O. The monoisotopic (exact) mass is 210 g/mol. The number of hydrogen-bond acceptors (Lipinski definition) is 3.